The number of benzene rings is 1. The van der Waals surface area contributed by atoms with Crippen molar-refractivity contribution in [1.29, 1.82) is 0 Å². The van der Waals surface area contributed by atoms with Gasteiger partial charge in [-0.2, -0.15) is 0 Å². The summed E-state index contributed by atoms with van der Waals surface area (Å²) in [4.78, 5) is 0.0961. The highest BCUT2D eigenvalue weighted by Gasteiger charge is 2.29. The molecule has 7 heteroatoms. The lowest BCUT2D eigenvalue weighted by Gasteiger charge is -2.32. The van der Waals surface area contributed by atoms with Gasteiger partial charge in [0.05, 0.1) is 9.37 Å². The zero-order valence-corrected chi connectivity index (χ0v) is 15.2. The van der Waals surface area contributed by atoms with Crippen LogP contribution in [0, 0.1) is 11.8 Å². The number of sulfonamides is 1. The summed E-state index contributed by atoms with van der Waals surface area (Å²) in [6, 6.07) is 2.90. The molecule has 118 valence electrons. The van der Waals surface area contributed by atoms with E-state index in [1.165, 1.54) is 12.1 Å². The Morgan fingerprint density at radius 1 is 1.29 bits per heavy atom. The van der Waals surface area contributed by atoms with E-state index in [9.17, 15) is 8.42 Å². The zero-order valence-electron chi connectivity index (χ0n) is 12.1. The molecule has 1 aromatic rings. The Hall–Kier alpha value is -0.300. The predicted octanol–water partition coefficient (Wildman–Crippen LogP) is 3.79. The fourth-order valence-corrected chi connectivity index (χ4v) is 5.29. The van der Waals surface area contributed by atoms with Crippen LogP contribution in [0.2, 0.25) is 5.02 Å². The molecule has 2 rings (SSSR count). The van der Waals surface area contributed by atoms with E-state index >= 15 is 0 Å². The first-order valence-corrected chi connectivity index (χ1v) is 9.63. The third kappa shape index (κ3) is 3.92. The molecule has 1 aromatic carbocycles. The second-order valence-electron chi connectivity index (χ2n) is 5.89. The van der Waals surface area contributed by atoms with Crippen LogP contribution in [-0.4, -0.2) is 14.5 Å². The number of anilines is 1. The molecule has 1 saturated carbocycles. The van der Waals surface area contributed by atoms with Crippen LogP contribution in [0.1, 0.15) is 33.1 Å². The Morgan fingerprint density at radius 2 is 1.95 bits per heavy atom. The summed E-state index contributed by atoms with van der Waals surface area (Å²) in [5, 5.41) is 0.307. The van der Waals surface area contributed by atoms with Gasteiger partial charge in [0.25, 0.3) is 0 Å². The van der Waals surface area contributed by atoms with Crippen molar-refractivity contribution < 1.29 is 8.42 Å². The Balaban J connectivity index is 2.23. The summed E-state index contributed by atoms with van der Waals surface area (Å²) >= 11 is 9.15. The minimum absolute atomic E-state index is 0.0340. The minimum atomic E-state index is -3.64. The van der Waals surface area contributed by atoms with Crippen molar-refractivity contribution in [3.05, 3.63) is 21.6 Å². The van der Waals surface area contributed by atoms with E-state index in [-0.39, 0.29) is 10.9 Å². The number of hydrogen-bond acceptors (Lipinski definition) is 3. The Labute approximate surface area is 139 Å². The summed E-state index contributed by atoms with van der Waals surface area (Å²) in [5.74, 6) is 1.15. The standard InChI is InChI=1S/C14H20BrClN2O2S/c1-8-3-4-11(5-9(8)2)18-21(19,20)13-7-10(16)6-12(17)14(13)15/h6-9,11,18H,3-5,17H2,1-2H3. The van der Waals surface area contributed by atoms with E-state index in [0.717, 1.165) is 19.3 Å². The molecule has 0 saturated heterocycles. The van der Waals surface area contributed by atoms with Gasteiger partial charge in [0.1, 0.15) is 0 Å². The molecule has 0 spiro atoms. The SMILES string of the molecule is CC1CCC(NS(=O)(=O)c2cc(Cl)cc(N)c2Br)CC1C. The van der Waals surface area contributed by atoms with E-state index in [1.54, 1.807) is 0 Å². The van der Waals surface area contributed by atoms with E-state index in [1.807, 2.05) is 0 Å². The van der Waals surface area contributed by atoms with Gasteiger partial charge in [-0.3, -0.25) is 0 Å². The molecule has 3 unspecified atom stereocenters. The van der Waals surface area contributed by atoms with Crippen LogP contribution >= 0.6 is 27.5 Å². The first kappa shape index (κ1) is 17.1. The largest absolute Gasteiger partial charge is 0.398 e. The average molecular weight is 396 g/mol. The van der Waals surface area contributed by atoms with E-state index < -0.39 is 10.0 Å². The number of halogens is 2. The minimum Gasteiger partial charge on any atom is -0.398 e. The second kappa shape index (κ2) is 6.44. The van der Waals surface area contributed by atoms with Crippen LogP contribution in [0.5, 0.6) is 0 Å². The molecule has 3 N–H and O–H groups in total. The van der Waals surface area contributed by atoms with E-state index in [0.29, 0.717) is 27.0 Å². The lowest BCUT2D eigenvalue weighted by atomic mass is 9.79. The van der Waals surface area contributed by atoms with Gasteiger partial charge in [-0.15, -0.1) is 0 Å². The van der Waals surface area contributed by atoms with Gasteiger partial charge < -0.3 is 5.73 Å². The van der Waals surface area contributed by atoms with Crippen LogP contribution < -0.4 is 10.5 Å². The first-order valence-electron chi connectivity index (χ1n) is 6.97. The molecule has 1 aliphatic carbocycles. The molecule has 1 fully saturated rings. The predicted molar refractivity (Wildman–Crippen MR) is 89.9 cm³/mol. The molecular formula is C14H20BrClN2O2S. The van der Waals surface area contributed by atoms with Crippen molar-refractivity contribution in [2.45, 2.75) is 44.0 Å². The summed E-state index contributed by atoms with van der Waals surface area (Å²) in [7, 11) is -3.64. The molecule has 3 atom stereocenters. The lowest BCUT2D eigenvalue weighted by Crippen LogP contribution is -2.39. The molecule has 1 aliphatic rings. The van der Waals surface area contributed by atoms with Gasteiger partial charge in [-0.25, -0.2) is 13.1 Å². The molecule has 0 amide bonds. The molecular weight excluding hydrogens is 376 g/mol. The van der Waals surface area contributed by atoms with Gasteiger partial charge in [0.15, 0.2) is 0 Å². The highest BCUT2D eigenvalue weighted by atomic mass is 79.9. The molecule has 0 aliphatic heterocycles. The maximum Gasteiger partial charge on any atom is 0.242 e. The maximum absolute atomic E-state index is 12.6. The summed E-state index contributed by atoms with van der Waals surface area (Å²) in [6.45, 7) is 4.38. The quantitative estimate of drug-likeness (QED) is 0.765. The molecule has 21 heavy (non-hydrogen) atoms. The van der Waals surface area contributed by atoms with Crippen molar-refractivity contribution in [3.8, 4) is 0 Å². The molecule has 0 radical (unpaired) electrons. The smallest absolute Gasteiger partial charge is 0.242 e. The fourth-order valence-electron chi connectivity index (χ4n) is 2.72. The average Bonchev–Trinajstić information content (AvgIpc) is 2.37. The number of nitrogens with one attached hydrogen (secondary N) is 1. The molecule has 4 nitrogen and oxygen atoms in total. The van der Waals surface area contributed by atoms with Gasteiger partial charge in [0.2, 0.25) is 10.0 Å². The van der Waals surface area contributed by atoms with Crippen LogP contribution in [-0.2, 0) is 10.0 Å². The molecule has 0 heterocycles. The Kier molecular flexibility index (Phi) is 5.23. The Bertz CT molecular complexity index is 636. The van der Waals surface area contributed by atoms with Crippen LogP contribution in [0.25, 0.3) is 0 Å². The van der Waals surface area contributed by atoms with Crippen molar-refractivity contribution >= 4 is 43.2 Å². The van der Waals surface area contributed by atoms with Crippen LogP contribution in [0.15, 0.2) is 21.5 Å². The van der Waals surface area contributed by atoms with Gasteiger partial charge >= 0.3 is 0 Å². The third-order valence-corrected chi connectivity index (χ3v) is 7.15. The third-order valence-electron chi connectivity index (χ3n) is 4.24. The van der Waals surface area contributed by atoms with Crippen molar-refractivity contribution in [2.75, 3.05) is 5.73 Å². The number of hydrogen-bond donors (Lipinski definition) is 2. The van der Waals surface area contributed by atoms with Crippen molar-refractivity contribution in [2.24, 2.45) is 11.8 Å². The summed E-state index contributed by atoms with van der Waals surface area (Å²) < 4.78 is 28.3. The monoisotopic (exact) mass is 394 g/mol. The highest BCUT2D eigenvalue weighted by molar-refractivity contribution is 9.10. The second-order valence-corrected chi connectivity index (χ2v) is 8.80. The number of nitrogen functional groups attached to an aromatic ring is 1. The number of rotatable bonds is 3. The zero-order chi connectivity index (χ0) is 15.8. The normalized spacial score (nSPS) is 26.8. The van der Waals surface area contributed by atoms with Gasteiger partial charge in [-0.05, 0) is 59.2 Å². The molecule has 0 aromatic heterocycles. The fraction of sp³-hybridized carbons (Fsp3) is 0.571. The van der Waals surface area contributed by atoms with E-state index in [4.69, 9.17) is 17.3 Å². The molecule has 0 bridgehead atoms. The van der Waals surface area contributed by atoms with E-state index in [2.05, 4.69) is 34.5 Å². The summed E-state index contributed by atoms with van der Waals surface area (Å²) in [6.07, 6.45) is 2.75. The summed E-state index contributed by atoms with van der Waals surface area (Å²) in [5.41, 5.74) is 6.08. The highest BCUT2D eigenvalue weighted by Crippen LogP contribution is 2.33. The van der Waals surface area contributed by atoms with Crippen LogP contribution in [0.3, 0.4) is 0 Å². The maximum atomic E-state index is 12.6. The van der Waals surface area contributed by atoms with Crippen molar-refractivity contribution in [3.63, 3.8) is 0 Å². The van der Waals surface area contributed by atoms with Crippen LogP contribution in [0.4, 0.5) is 5.69 Å². The van der Waals surface area contributed by atoms with Gasteiger partial charge in [-0.1, -0.05) is 25.4 Å². The van der Waals surface area contributed by atoms with Crippen molar-refractivity contribution in [1.82, 2.24) is 4.72 Å². The number of nitrogens with two attached hydrogens (primary N) is 1. The van der Waals surface area contributed by atoms with Gasteiger partial charge in [0, 0.05) is 16.8 Å². The Morgan fingerprint density at radius 3 is 2.57 bits per heavy atom. The topological polar surface area (TPSA) is 72.2 Å². The first-order chi connectivity index (χ1) is 9.70. The lowest BCUT2D eigenvalue weighted by molar-refractivity contribution is 0.242.